The van der Waals surface area contributed by atoms with E-state index in [1.54, 1.807) is 6.07 Å². The number of oxazole rings is 1. The van der Waals surface area contributed by atoms with Gasteiger partial charge in [0.15, 0.2) is 10.7 Å². The summed E-state index contributed by atoms with van der Waals surface area (Å²) >= 11 is 5.14. The highest BCUT2D eigenvalue weighted by Crippen LogP contribution is 2.24. The molecule has 154 valence electrons. The van der Waals surface area contributed by atoms with Crippen molar-refractivity contribution in [2.24, 2.45) is 0 Å². The van der Waals surface area contributed by atoms with Crippen molar-refractivity contribution in [3.8, 4) is 11.5 Å². The molecular weight excluding hydrogens is 416 g/mol. The predicted octanol–water partition coefficient (Wildman–Crippen LogP) is 4.21. The molecule has 4 rings (SSSR count). The van der Waals surface area contributed by atoms with E-state index in [1.807, 2.05) is 48.5 Å². The second kappa shape index (κ2) is 8.72. The van der Waals surface area contributed by atoms with Crippen LogP contribution in [0.15, 0.2) is 77.2 Å². The molecule has 0 fully saturated rings. The Bertz CT molecular complexity index is 1250. The Morgan fingerprint density at radius 1 is 1.03 bits per heavy atom. The first-order chi connectivity index (χ1) is 15.0. The van der Waals surface area contributed by atoms with Gasteiger partial charge in [-0.05, 0) is 48.1 Å². The van der Waals surface area contributed by atoms with E-state index in [1.165, 1.54) is 18.2 Å². The number of nitro benzene ring substituents is 1. The van der Waals surface area contributed by atoms with Crippen LogP contribution in [-0.4, -0.2) is 20.9 Å². The third kappa shape index (κ3) is 4.57. The zero-order valence-electron chi connectivity index (χ0n) is 16.1. The Morgan fingerprint density at radius 2 is 1.74 bits per heavy atom. The number of amides is 1. The zero-order chi connectivity index (χ0) is 21.8. The first-order valence-corrected chi connectivity index (χ1v) is 9.69. The lowest BCUT2D eigenvalue weighted by atomic mass is 10.1. The SMILES string of the molecule is O=C(NC(=S)NCc1ccc(-c2nc3ccccc3o2)cc1)c1ccccc1[N+](=O)[O-]. The molecule has 0 saturated carbocycles. The van der Waals surface area contributed by atoms with Gasteiger partial charge >= 0.3 is 0 Å². The van der Waals surface area contributed by atoms with E-state index in [4.69, 9.17) is 16.6 Å². The summed E-state index contributed by atoms with van der Waals surface area (Å²) in [5.41, 5.74) is 2.94. The second-order valence-corrected chi connectivity index (χ2v) is 7.00. The molecule has 0 atom stereocenters. The smallest absolute Gasteiger partial charge is 0.282 e. The van der Waals surface area contributed by atoms with Gasteiger partial charge in [0.1, 0.15) is 11.1 Å². The zero-order valence-corrected chi connectivity index (χ0v) is 16.9. The summed E-state index contributed by atoms with van der Waals surface area (Å²) in [4.78, 5) is 27.2. The van der Waals surface area contributed by atoms with Crippen LogP contribution in [0.1, 0.15) is 15.9 Å². The van der Waals surface area contributed by atoms with Crippen molar-refractivity contribution in [3.05, 3.63) is 94.0 Å². The van der Waals surface area contributed by atoms with Gasteiger partial charge < -0.3 is 9.73 Å². The number of thiocarbonyl (C=S) groups is 1. The van der Waals surface area contributed by atoms with Crippen LogP contribution in [0, 0.1) is 10.1 Å². The number of hydrogen-bond acceptors (Lipinski definition) is 6. The average Bonchev–Trinajstić information content (AvgIpc) is 3.22. The molecule has 0 aliphatic rings. The Morgan fingerprint density at radius 3 is 2.48 bits per heavy atom. The maximum atomic E-state index is 12.3. The van der Waals surface area contributed by atoms with E-state index < -0.39 is 10.8 Å². The van der Waals surface area contributed by atoms with E-state index in [2.05, 4.69) is 15.6 Å². The number of nitro groups is 1. The normalized spacial score (nSPS) is 10.6. The lowest BCUT2D eigenvalue weighted by Crippen LogP contribution is -2.39. The lowest BCUT2D eigenvalue weighted by Gasteiger charge is -2.10. The number of nitrogens with one attached hydrogen (secondary N) is 2. The van der Waals surface area contributed by atoms with Crippen molar-refractivity contribution in [2.75, 3.05) is 0 Å². The molecule has 9 heteroatoms. The fourth-order valence-electron chi connectivity index (χ4n) is 2.98. The fraction of sp³-hybridized carbons (Fsp3) is 0.0455. The fourth-order valence-corrected chi connectivity index (χ4v) is 3.15. The number of aromatic nitrogens is 1. The third-order valence-electron chi connectivity index (χ3n) is 4.52. The minimum absolute atomic E-state index is 0.0562. The molecule has 0 saturated heterocycles. The number of nitrogens with zero attached hydrogens (tertiary/aromatic N) is 2. The van der Waals surface area contributed by atoms with Crippen LogP contribution in [-0.2, 0) is 6.54 Å². The van der Waals surface area contributed by atoms with Gasteiger partial charge in [-0.25, -0.2) is 4.98 Å². The summed E-state index contributed by atoms with van der Waals surface area (Å²) in [7, 11) is 0. The summed E-state index contributed by atoms with van der Waals surface area (Å²) in [6.45, 7) is 0.365. The number of para-hydroxylation sites is 3. The number of benzene rings is 3. The standard InChI is InChI=1S/C22H16N4O4S/c27-20(16-5-1-3-7-18(16)26(28)29)25-22(31)23-13-14-9-11-15(12-10-14)21-24-17-6-2-4-8-19(17)30-21/h1-12H,13H2,(H2,23,25,27,31). The van der Waals surface area contributed by atoms with Gasteiger partial charge in [0.05, 0.1) is 4.92 Å². The van der Waals surface area contributed by atoms with Crippen molar-refractivity contribution < 1.29 is 14.1 Å². The van der Waals surface area contributed by atoms with Crippen molar-refractivity contribution in [1.29, 1.82) is 0 Å². The van der Waals surface area contributed by atoms with Crippen molar-refractivity contribution in [1.82, 2.24) is 15.6 Å². The molecule has 3 aromatic carbocycles. The van der Waals surface area contributed by atoms with Gasteiger partial charge in [-0.2, -0.15) is 0 Å². The molecule has 1 aromatic heterocycles. The highest BCUT2D eigenvalue weighted by atomic mass is 32.1. The summed E-state index contributed by atoms with van der Waals surface area (Å²) in [5, 5.41) is 16.5. The summed E-state index contributed by atoms with van der Waals surface area (Å²) < 4.78 is 5.76. The molecule has 0 radical (unpaired) electrons. The van der Waals surface area contributed by atoms with Crippen LogP contribution in [0.5, 0.6) is 0 Å². The Hall–Kier alpha value is -4.11. The molecule has 1 heterocycles. The largest absolute Gasteiger partial charge is 0.436 e. The van der Waals surface area contributed by atoms with E-state index in [-0.39, 0.29) is 16.4 Å². The number of hydrogen-bond donors (Lipinski definition) is 2. The molecular formula is C22H16N4O4S. The van der Waals surface area contributed by atoms with Gasteiger partial charge in [-0.15, -0.1) is 0 Å². The van der Waals surface area contributed by atoms with Crippen LogP contribution in [0.25, 0.3) is 22.6 Å². The van der Waals surface area contributed by atoms with Crippen LogP contribution in [0.3, 0.4) is 0 Å². The Balaban J connectivity index is 1.36. The third-order valence-corrected chi connectivity index (χ3v) is 4.77. The lowest BCUT2D eigenvalue weighted by molar-refractivity contribution is -0.385. The van der Waals surface area contributed by atoms with Crippen LogP contribution in [0.2, 0.25) is 0 Å². The van der Waals surface area contributed by atoms with Crippen molar-refractivity contribution >= 4 is 40.0 Å². The molecule has 0 aliphatic heterocycles. The van der Waals surface area contributed by atoms with Crippen molar-refractivity contribution in [3.63, 3.8) is 0 Å². The minimum Gasteiger partial charge on any atom is -0.436 e. The molecule has 31 heavy (non-hydrogen) atoms. The van der Waals surface area contributed by atoms with Gasteiger partial charge in [0.25, 0.3) is 11.6 Å². The van der Waals surface area contributed by atoms with Gasteiger partial charge in [0, 0.05) is 18.2 Å². The molecule has 0 aliphatic carbocycles. The Labute approximate surface area is 182 Å². The second-order valence-electron chi connectivity index (χ2n) is 6.59. The maximum absolute atomic E-state index is 12.3. The highest BCUT2D eigenvalue weighted by molar-refractivity contribution is 7.80. The van der Waals surface area contributed by atoms with E-state index >= 15 is 0 Å². The maximum Gasteiger partial charge on any atom is 0.282 e. The molecule has 0 bridgehead atoms. The quantitative estimate of drug-likeness (QED) is 0.276. The van der Waals surface area contributed by atoms with E-state index in [9.17, 15) is 14.9 Å². The predicted molar refractivity (Wildman–Crippen MR) is 119 cm³/mol. The summed E-state index contributed by atoms with van der Waals surface area (Å²) in [6, 6.07) is 20.8. The summed E-state index contributed by atoms with van der Waals surface area (Å²) in [5.74, 6) is -0.107. The van der Waals surface area contributed by atoms with E-state index in [0.29, 0.717) is 12.4 Å². The average molecular weight is 432 g/mol. The van der Waals surface area contributed by atoms with Gasteiger partial charge in [-0.3, -0.25) is 20.2 Å². The highest BCUT2D eigenvalue weighted by Gasteiger charge is 2.19. The topological polar surface area (TPSA) is 110 Å². The van der Waals surface area contributed by atoms with Crippen LogP contribution < -0.4 is 10.6 Å². The molecule has 8 nitrogen and oxygen atoms in total. The van der Waals surface area contributed by atoms with Gasteiger partial charge in [-0.1, -0.05) is 36.4 Å². The molecule has 0 unspecified atom stereocenters. The molecule has 1 amide bonds. The molecule has 0 spiro atoms. The van der Waals surface area contributed by atoms with E-state index in [0.717, 1.165) is 22.2 Å². The van der Waals surface area contributed by atoms with Crippen LogP contribution >= 0.6 is 12.2 Å². The summed E-state index contributed by atoms with van der Waals surface area (Å²) in [6.07, 6.45) is 0. The molecule has 2 N–H and O–H groups in total. The Kier molecular flexibility index (Phi) is 5.67. The number of carbonyl (C=O) groups is 1. The number of carbonyl (C=O) groups excluding carboxylic acids is 1. The van der Waals surface area contributed by atoms with Crippen LogP contribution in [0.4, 0.5) is 5.69 Å². The first kappa shape index (κ1) is 20.2. The monoisotopic (exact) mass is 432 g/mol. The van der Waals surface area contributed by atoms with Gasteiger partial charge in [0.2, 0.25) is 5.89 Å². The number of fused-ring (bicyclic) bond motifs is 1. The van der Waals surface area contributed by atoms with Crippen molar-refractivity contribution in [2.45, 2.75) is 6.54 Å². The number of rotatable bonds is 5. The molecule has 4 aromatic rings. The first-order valence-electron chi connectivity index (χ1n) is 9.29. The minimum atomic E-state index is -0.642.